The Morgan fingerprint density at radius 2 is 1.80 bits per heavy atom. The average Bonchev–Trinajstić information content (AvgIpc) is 3.02. The summed E-state index contributed by atoms with van der Waals surface area (Å²) >= 11 is 0. The number of anilines is 1. The first-order valence-electron chi connectivity index (χ1n) is 9.66. The Balaban J connectivity index is 1.95. The summed E-state index contributed by atoms with van der Waals surface area (Å²) in [7, 11) is 0.512. The predicted molar refractivity (Wildman–Crippen MR) is 123 cm³/mol. The standard InChI is InChI=1S/C23H24N4O2S/c1-15-10-19(14-26(3)23(15)28)18-11-20(25-30(4)29)22-21(12-18)27(16(2)24-22)13-17-8-6-5-7-9-17/h5-12,14,25H,13H2,1-4H3. The van der Waals surface area contributed by atoms with E-state index in [0.29, 0.717) is 17.8 Å². The minimum absolute atomic E-state index is 0.0159. The molecule has 6 nitrogen and oxygen atoms in total. The second-order valence-corrected chi connectivity index (χ2v) is 8.62. The summed E-state index contributed by atoms with van der Waals surface area (Å²) in [6.45, 7) is 4.48. The lowest BCUT2D eigenvalue weighted by Gasteiger charge is -2.12. The fourth-order valence-electron chi connectivity index (χ4n) is 3.74. The summed E-state index contributed by atoms with van der Waals surface area (Å²) in [5, 5.41) is 0. The minimum atomic E-state index is -1.24. The first-order chi connectivity index (χ1) is 14.3. The summed E-state index contributed by atoms with van der Waals surface area (Å²) in [5.41, 5.74) is 6.14. The van der Waals surface area contributed by atoms with Crippen LogP contribution in [0.25, 0.3) is 22.2 Å². The third-order valence-electron chi connectivity index (χ3n) is 5.18. The van der Waals surface area contributed by atoms with Crippen molar-refractivity contribution in [2.45, 2.75) is 20.4 Å². The molecule has 0 saturated heterocycles. The maximum absolute atomic E-state index is 12.1. The number of pyridine rings is 1. The van der Waals surface area contributed by atoms with E-state index >= 15 is 0 Å². The van der Waals surface area contributed by atoms with Crippen molar-refractivity contribution in [3.05, 3.63) is 82.0 Å². The lowest BCUT2D eigenvalue weighted by Crippen LogP contribution is -2.18. The first-order valence-corrected chi connectivity index (χ1v) is 11.2. The highest BCUT2D eigenvalue weighted by molar-refractivity contribution is 7.85. The van der Waals surface area contributed by atoms with Crippen LogP contribution in [0.1, 0.15) is 17.0 Å². The van der Waals surface area contributed by atoms with Crippen molar-refractivity contribution >= 4 is 27.7 Å². The molecule has 0 bridgehead atoms. The van der Waals surface area contributed by atoms with Crippen molar-refractivity contribution in [3.63, 3.8) is 0 Å². The van der Waals surface area contributed by atoms with Gasteiger partial charge in [-0.3, -0.25) is 4.79 Å². The van der Waals surface area contributed by atoms with Crippen LogP contribution in [0.2, 0.25) is 0 Å². The number of hydrogen-bond donors (Lipinski definition) is 1. The number of hydrogen-bond acceptors (Lipinski definition) is 3. The monoisotopic (exact) mass is 420 g/mol. The van der Waals surface area contributed by atoms with Crippen LogP contribution in [0, 0.1) is 13.8 Å². The Morgan fingerprint density at radius 1 is 1.07 bits per heavy atom. The zero-order valence-corrected chi connectivity index (χ0v) is 18.3. The zero-order valence-electron chi connectivity index (χ0n) is 17.5. The SMILES string of the molecule is Cc1cc(-c2cc(NS(C)=O)c3nc(C)n(Cc4ccccc4)c3c2)cn(C)c1=O. The van der Waals surface area contributed by atoms with Crippen LogP contribution in [0.15, 0.2) is 59.5 Å². The molecule has 4 aromatic rings. The van der Waals surface area contributed by atoms with Gasteiger partial charge in [0.2, 0.25) is 0 Å². The molecule has 154 valence electrons. The summed E-state index contributed by atoms with van der Waals surface area (Å²) in [6.07, 6.45) is 3.43. The van der Waals surface area contributed by atoms with Crippen molar-refractivity contribution in [1.82, 2.24) is 14.1 Å². The van der Waals surface area contributed by atoms with Gasteiger partial charge in [-0.25, -0.2) is 9.19 Å². The highest BCUT2D eigenvalue weighted by atomic mass is 32.2. The highest BCUT2D eigenvalue weighted by Gasteiger charge is 2.16. The summed E-state index contributed by atoms with van der Waals surface area (Å²) < 4.78 is 18.7. The van der Waals surface area contributed by atoms with E-state index in [1.807, 2.05) is 50.4 Å². The Kier molecular flexibility index (Phi) is 5.30. The summed E-state index contributed by atoms with van der Waals surface area (Å²) in [4.78, 5) is 16.9. The molecular formula is C23H24N4O2S. The van der Waals surface area contributed by atoms with Gasteiger partial charge in [-0.05, 0) is 48.7 Å². The molecule has 0 aliphatic rings. The van der Waals surface area contributed by atoms with Crippen LogP contribution < -0.4 is 10.3 Å². The van der Waals surface area contributed by atoms with Gasteiger partial charge in [-0.2, -0.15) is 0 Å². The first kappa shape index (κ1) is 20.1. The van der Waals surface area contributed by atoms with Gasteiger partial charge >= 0.3 is 0 Å². The Labute approximate surface area is 177 Å². The van der Waals surface area contributed by atoms with Gasteiger partial charge in [0.1, 0.15) is 22.3 Å². The molecule has 0 saturated carbocycles. The number of nitrogens with zero attached hydrogens (tertiary/aromatic N) is 3. The van der Waals surface area contributed by atoms with E-state index in [9.17, 15) is 9.00 Å². The van der Waals surface area contributed by atoms with Gasteiger partial charge in [-0.15, -0.1) is 0 Å². The van der Waals surface area contributed by atoms with Crippen molar-refractivity contribution in [3.8, 4) is 11.1 Å². The number of rotatable bonds is 5. The molecular weight excluding hydrogens is 396 g/mol. The molecule has 0 spiro atoms. The van der Waals surface area contributed by atoms with E-state index < -0.39 is 11.0 Å². The van der Waals surface area contributed by atoms with E-state index in [1.54, 1.807) is 17.9 Å². The smallest absolute Gasteiger partial charge is 0.253 e. The molecule has 30 heavy (non-hydrogen) atoms. The van der Waals surface area contributed by atoms with E-state index in [-0.39, 0.29) is 5.56 Å². The van der Waals surface area contributed by atoms with Crippen LogP contribution >= 0.6 is 0 Å². The number of fused-ring (bicyclic) bond motifs is 1. The molecule has 4 rings (SSSR count). The van der Waals surface area contributed by atoms with Crippen molar-refractivity contribution in [2.75, 3.05) is 11.0 Å². The number of benzene rings is 2. The minimum Gasteiger partial charge on any atom is -0.324 e. The lowest BCUT2D eigenvalue weighted by molar-refractivity contribution is 0.690. The molecule has 0 aliphatic carbocycles. The predicted octanol–water partition coefficient (Wildman–Crippen LogP) is 3.77. The van der Waals surface area contributed by atoms with Crippen LogP contribution in [0.3, 0.4) is 0 Å². The fourth-order valence-corrected chi connectivity index (χ4v) is 4.20. The summed E-state index contributed by atoms with van der Waals surface area (Å²) in [6, 6.07) is 16.1. The van der Waals surface area contributed by atoms with Crippen molar-refractivity contribution < 1.29 is 4.21 Å². The van der Waals surface area contributed by atoms with Crippen molar-refractivity contribution in [1.29, 1.82) is 0 Å². The van der Waals surface area contributed by atoms with E-state index in [2.05, 4.69) is 27.5 Å². The normalized spacial score (nSPS) is 12.3. The van der Waals surface area contributed by atoms with Gasteiger partial charge in [0.15, 0.2) is 0 Å². The maximum atomic E-state index is 12.1. The van der Waals surface area contributed by atoms with E-state index in [0.717, 1.165) is 28.0 Å². The molecule has 1 atom stereocenters. The topological polar surface area (TPSA) is 68.9 Å². The molecule has 0 fully saturated rings. The highest BCUT2D eigenvalue weighted by Crippen LogP contribution is 2.32. The fraction of sp³-hybridized carbons (Fsp3) is 0.217. The number of aromatic nitrogens is 3. The second-order valence-electron chi connectivity index (χ2n) is 7.51. The van der Waals surface area contributed by atoms with Crippen LogP contribution in [0.5, 0.6) is 0 Å². The third kappa shape index (κ3) is 3.80. The second kappa shape index (κ2) is 7.91. The molecule has 1 unspecified atom stereocenters. The molecule has 0 aliphatic heterocycles. The lowest BCUT2D eigenvalue weighted by atomic mass is 10.0. The number of nitrogens with one attached hydrogen (secondary N) is 1. The Morgan fingerprint density at radius 3 is 2.47 bits per heavy atom. The third-order valence-corrected chi connectivity index (χ3v) is 5.69. The van der Waals surface area contributed by atoms with Crippen LogP contribution in [-0.2, 0) is 24.6 Å². The molecule has 2 heterocycles. The van der Waals surface area contributed by atoms with E-state index in [1.165, 1.54) is 5.56 Å². The maximum Gasteiger partial charge on any atom is 0.253 e. The average molecular weight is 421 g/mol. The molecule has 2 aromatic heterocycles. The number of imidazole rings is 1. The van der Waals surface area contributed by atoms with Gasteiger partial charge in [0, 0.05) is 31.6 Å². The van der Waals surface area contributed by atoms with E-state index in [4.69, 9.17) is 4.98 Å². The van der Waals surface area contributed by atoms with Gasteiger partial charge in [0.25, 0.3) is 5.56 Å². The largest absolute Gasteiger partial charge is 0.324 e. The molecule has 2 aromatic carbocycles. The van der Waals surface area contributed by atoms with Gasteiger partial charge in [-0.1, -0.05) is 30.3 Å². The number of aryl methyl sites for hydroxylation is 3. The molecule has 0 amide bonds. The molecule has 0 radical (unpaired) electrons. The summed E-state index contributed by atoms with van der Waals surface area (Å²) in [5.74, 6) is 0.882. The Hall–Kier alpha value is -3.19. The quantitative estimate of drug-likeness (QED) is 0.534. The van der Waals surface area contributed by atoms with Gasteiger partial charge in [0.05, 0.1) is 11.2 Å². The van der Waals surface area contributed by atoms with Crippen molar-refractivity contribution in [2.24, 2.45) is 7.05 Å². The molecule has 1 N–H and O–H groups in total. The van der Waals surface area contributed by atoms with Crippen LogP contribution in [-0.4, -0.2) is 24.6 Å². The zero-order chi connectivity index (χ0) is 21.4. The Bertz CT molecular complexity index is 1300. The van der Waals surface area contributed by atoms with Crippen LogP contribution in [0.4, 0.5) is 5.69 Å². The molecule has 7 heteroatoms. The van der Waals surface area contributed by atoms with Gasteiger partial charge < -0.3 is 13.9 Å².